The van der Waals surface area contributed by atoms with E-state index in [1.807, 2.05) is 12.1 Å². The van der Waals surface area contributed by atoms with Crippen LogP contribution >= 0.6 is 0 Å². The van der Waals surface area contributed by atoms with Gasteiger partial charge in [-0.2, -0.15) is 0 Å². The van der Waals surface area contributed by atoms with E-state index in [1.165, 1.54) is 17.7 Å². The van der Waals surface area contributed by atoms with Crippen molar-refractivity contribution in [2.45, 2.75) is 24.8 Å². The third-order valence-electron chi connectivity index (χ3n) is 4.66. The van der Waals surface area contributed by atoms with E-state index in [0.717, 1.165) is 49.6 Å². The summed E-state index contributed by atoms with van der Waals surface area (Å²) in [6, 6.07) is 9.84. The highest BCUT2D eigenvalue weighted by Gasteiger charge is 2.21. The minimum atomic E-state index is -3.51. The monoisotopic (exact) mass is 375 g/mol. The molecule has 0 radical (unpaired) electrons. The van der Waals surface area contributed by atoms with Gasteiger partial charge in [0.15, 0.2) is 9.84 Å². The molecule has 2 aromatic carbocycles. The zero-order valence-corrected chi connectivity index (χ0v) is 15.5. The maximum Gasteiger partial charge on any atom is 0.293 e. The number of rotatable bonds is 5. The van der Waals surface area contributed by atoms with Crippen LogP contribution < -0.4 is 5.32 Å². The number of likely N-dealkylation sites (N-methyl/N-ethyl adjacent to an activating group) is 1. The number of fused-ring (bicyclic) bond motifs is 1. The van der Waals surface area contributed by atoms with Crippen molar-refractivity contribution in [3.8, 4) is 0 Å². The molecule has 0 aliphatic carbocycles. The van der Waals surface area contributed by atoms with E-state index < -0.39 is 14.8 Å². The number of nitro benzene ring substituents is 1. The normalized spacial score (nSPS) is 14.7. The molecular weight excluding hydrogens is 354 g/mol. The summed E-state index contributed by atoms with van der Waals surface area (Å²) in [4.78, 5) is 13.1. The molecule has 7 nitrogen and oxygen atoms in total. The molecule has 8 heteroatoms. The van der Waals surface area contributed by atoms with Crippen LogP contribution in [0.4, 0.5) is 17.1 Å². The lowest BCUT2D eigenvalue weighted by atomic mass is 9.97. The first-order valence-corrected chi connectivity index (χ1v) is 10.3. The van der Waals surface area contributed by atoms with Crippen LogP contribution in [0.2, 0.25) is 0 Å². The number of nitro groups is 1. The Morgan fingerprint density at radius 3 is 2.65 bits per heavy atom. The van der Waals surface area contributed by atoms with Crippen molar-refractivity contribution in [3.63, 3.8) is 0 Å². The van der Waals surface area contributed by atoms with Crippen molar-refractivity contribution in [2.24, 2.45) is 0 Å². The van der Waals surface area contributed by atoms with Crippen LogP contribution in [-0.4, -0.2) is 37.6 Å². The van der Waals surface area contributed by atoms with E-state index in [-0.39, 0.29) is 16.3 Å². The average Bonchev–Trinajstić information content (AvgIpc) is 2.60. The zero-order valence-electron chi connectivity index (χ0n) is 14.7. The molecule has 26 heavy (non-hydrogen) atoms. The van der Waals surface area contributed by atoms with Gasteiger partial charge in [-0.05, 0) is 42.3 Å². The largest absolute Gasteiger partial charge is 0.350 e. The highest BCUT2D eigenvalue weighted by Crippen LogP contribution is 2.33. The lowest BCUT2D eigenvalue weighted by Gasteiger charge is -2.29. The van der Waals surface area contributed by atoms with Gasteiger partial charge in [0.2, 0.25) is 0 Å². The summed E-state index contributed by atoms with van der Waals surface area (Å²) < 4.78 is 23.4. The quantitative estimate of drug-likeness (QED) is 0.638. The predicted molar refractivity (Wildman–Crippen MR) is 101 cm³/mol. The molecule has 0 atom stereocenters. The van der Waals surface area contributed by atoms with Crippen LogP contribution in [0.25, 0.3) is 0 Å². The second-order valence-corrected chi connectivity index (χ2v) is 8.41. The van der Waals surface area contributed by atoms with Crippen LogP contribution in [-0.2, 0) is 22.8 Å². The van der Waals surface area contributed by atoms with Crippen LogP contribution in [0.3, 0.4) is 0 Å². The Balaban J connectivity index is 1.99. The molecule has 0 bridgehead atoms. The SMILES string of the molecule is CCN1CCc2c(cccc2Nc2ccc(S(C)(=O)=O)cc2[N+](=O)[O-])C1. The van der Waals surface area contributed by atoms with Crippen molar-refractivity contribution in [1.29, 1.82) is 0 Å². The third kappa shape index (κ3) is 3.71. The van der Waals surface area contributed by atoms with Crippen molar-refractivity contribution >= 4 is 26.9 Å². The van der Waals surface area contributed by atoms with Gasteiger partial charge in [0, 0.05) is 31.1 Å². The van der Waals surface area contributed by atoms with Crippen LogP contribution in [0.15, 0.2) is 41.3 Å². The van der Waals surface area contributed by atoms with Gasteiger partial charge in [0.25, 0.3) is 5.69 Å². The molecule has 0 saturated carbocycles. The van der Waals surface area contributed by atoms with Crippen molar-refractivity contribution in [2.75, 3.05) is 24.7 Å². The molecular formula is C18H21N3O4S. The fourth-order valence-corrected chi connectivity index (χ4v) is 3.84. The number of nitrogens with zero attached hydrogens (tertiary/aromatic N) is 2. The minimum Gasteiger partial charge on any atom is -0.350 e. The maximum atomic E-state index is 11.7. The van der Waals surface area contributed by atoms with Gasteiger partial charge in [0.1, 0.15) is 5.69 Å². The summed E-state index contributed by atoms with van der Waals surface area (Å²) in [5.41, 5.74) is 3.22. The smallest absolute Gasteiger partial charge is 0.293 e. The van der Waals surface area contributed by atoms with E-state index >= 15 is 0 Å². The number of hydrogen-bond donors (Lipinski definition) is 1. The molecule has 1 heterocycles. The standard InChI is InChI=1S/C18H21N3O4S/c1-3-20-10-9-15-13(12-20)5-4-6-16(15)19-17-8-7-14(26(2,24)25)11-18(17)21(22)23/h4-8,11,19H,3,9-10,12H2,1-2H3. The summed E-state index contributed by atoms with van der Waals surface area (Å²) >= 11 is 0. The molecule has 138 valence electrons. The van der Waals surface area contributed by atoms with Crippen LogP contribution in [0, 0.1) is 10.1 Å². The van der Waals surface area contributed by atoms with Gasteiger partial charge in [0.05, 0.1) is 9.82 Å². The van der Waals surface area contributed by atoms with E-state index in [1.54, 1.807) is 0 Å². The highest BCUT2D eigenvalue weighted by molar-refractivity contribution is 7.90. The van der Waals surface area contributed by atoms with Gasteiger partial charge in [-0.1, -0.05) is 19.1 Å². The lowest BCUT2D eigenvalue weighted by Crippen LogP contribution is -2.30. The Hall–Kier alpha value is -2.45. The van der Waals surface area contributed by atoms with Crippen molar-refractivity contribution in [3.05, 3.63) is 57.6 Å². The summed E-state index contributed by atoms with van der Waals surface area (Å²) in [6.45, 7) is 4.91. The molecule has 1 aliphatic rings. The first kappa shape index (κ1) is 18.3. The van der Waals surface area contributed by atoms with E-state index in [4.69, 9.17) is 0 Å². The Bertz CT molecular complexity index is 957. The first-order chi connectivity index (χ1) is 12.3. The number of benzene rings is 2. The maximum absolute atomic E-state index is 11.7. The van der Waals surface area contributed by atoms with Gasteiger partial charge < -0.3 is 5.32 Å². The number of nitrogens with one attached hydrogen (secondary N) is 1. The highest BCUT2D eigenvalue weighted by atomic mass is 32.2. The Morgan fingerprint density at radius 2 is 2.00 bits per heavy atom. The Morgan fingerprint density at radius 1 is 1.23 bits per heavy atom. The molecule has 1 N–H and O–H groups in total. The molecule has 0 spiro atoms. The third-order valence-corrected chi connectivity index (χ3v) is 5.77. The minimum absolute atomic E-state index is 0.0663. The molecule has 3 rings (SSSR count). The fourth-order valence-electron chi connectivity index (χ4n) is 3.20. The van der Waals surface area contributed by atoms with Crippen LogP contribution in [0.1, 0.15) is 18.1 Å². The van der Waals surface area contributed by atoms with Crippen molar-refractivity contribution in [1.82, 2.24) is 4.90 Å². The molecule has 0 aromatic heterocycles. The van der Waals surface area contributed by atoms with Gasteiger partial charge >= 0.3 is 0 Å². The second-order valence-electron chi connectivity index (χ2n) is 6.40. The van der Waals surface area contributed by atoms with E-state index in [9.17, 15) is 18.5 Å². The second kappa shape index (κ2) is 7.05. The number of hydrogen-bond acceptors (Lipinski definition) is 6. The molecule has 0 fully saturated rings. The first-order valence-electron chi connectivity index (χ1n) is 8.38. The van der Waals surface area contributed by atoms with E-state index in [0.29, 0.717) is 0 Å². The Kier molecular flexibility index (Phi) is 4.97. The number of sulfone groups is 1. The summed E-state index contributed by atoms with van der Waals surface area (Å²) in [7, 11) is -3.51. The number of anilines is 2. The zero-order chi connectivity index (χ0) is 18.9. The molecule has 0 saturated heterocycles. The topological polar surface area (TPSA) is 92.6 Å². The molecule has 1 aliphatic heterocycles. The summed E-state index contributed by atoms with van der Waals surface area (Å²) in [5.74, 6) is 0. The Labute approximate surface area is 152 Å². The predicted octanol–water partition coefficient (Wildman–Crippen LogP) is 3.12. The van der Waals surface area contributed by atoms with E-state index in [2.05, 4.69) is 23.2 Å². The average molecular weight is 375 g/mol. The summed E-state index contributed by atoms with van der Waals surface area (Å²) in [6.07, 6.45) is 1.90. The summed E-state index contributed by atoms with van der Waals surface area (Å²) in [5, 5.41) is 14.6. The molecule has 2 aromatic rings. The van der Waals surface area contributed by atoms with Gasteiger partial charge in [-0.25, -0.2) is 8.42 Å². The molecule has 0 unspecified atom stereocenters. The van der Waals surface area contributed by atoms with Gasteiger partial charge in [-0.3, -0.25) is 15.0 Å². The van der Waals surface area contributed by atoms with Gasteiger partial charge in [-0.15, -0.1) is 0 Å². The molecule has 0 amide bonds. The van der Waals surface area contributed by atoms with Crippen molar-refractivity contribution < 1.29 is 13.3 Å². The van der Waals surface area contributed by atoms with Crippen LogP contribution in [0.5, 0.6) is 0 Å². The lowest BCUT2D eigenvalue weighted by molar-refractivity contribution is -0.384. The fraction of sp³-hybridized carbons (Fsp3) is 0.333.